The summed E-state index contributed by atoms with van der Waals surface area (Å²) in [6, 6.07) is 19.8. The largest absolute Gasteiger partial charge is 0.487 e. The van der Waals surface area contributed by atoms with Gasteiger partial charge in [0.15, 0.2) is 0 Å². The maximum atomic E-state index is 13.4. The van der Waals surface area contributed by atoms with Gasteiger partial charge in [-0.3, -0.25) is 0 Å². The van der Waals surface area contributed by atoms with Crippen LogP contribution < -0.4 is 10.1 Å². The molecule has 3 aromatic carbocycles. The molecule has 9 heteroatoms. The first-order chi connectivity index (χ1) is 17.0. The summed E-state index contributed by atoms with van der Waals surface area (Å²) in [7, 11) is 0. The van der Waals surface area contributed by atoms with Gasteiger partial charge >= 0.3 is 5.97 Å². The Kier molecular flexibility index (Phi) is 6.03. The van der Waals surface area contributed by atoms with Crippen molar-refractivity contribution in [1.82, 2.24) is 9.97 Å². The number of ether oxygens (including phenoxy) is 1. The van der Waals surface area contributed by atoms with Crippen LogP contribution in [0.2, 0.25) is 5.02 Å². The number of nitrogens with one attached hydrogen (secondary N) is 1. The van der Waals surface area contributed by atoms with Gasteiger partial charge in [-0.2, -0.15) is 0 Å². The molecule has 0 fully saturated rings. The van der Waals surface area contributed by atoms with Crippen LogP contribution in [0, 0.1) is 5.82 Å². The molecular weight excluding hydrogens is 473 g/mol. The van der Waals surface area contributed by atoms with Gasteiger partial charge < -0.3 is 19.6 Å². The smallest absolute Gasteiger partial charge is 0.371 e. The van der Waals surface area contributed by atoms with Crippen molar-refractivity contribution in [2.75, 3.05) is 5.32 Å². The van der Waals surface area contributed by atoms with Crippen LogP contribution in [0.3, 0.4) is 0 Å². The van der Waals surface area contributed by atoms with E-state index in [-0.39, 0.29) is 18.2 Å². The van der Waals surface area contributed by atoms with Crippen LogP contribution >= 0.6 is 11.6 Å². The van der Waals surface area contributed by atoms with E-state index in [4.69, 9.17) is 25.9 Å². The van der Waals surface area contributed by atoms with Crippen molar-refractivity contribution in [1.29, 1.82) is 0 Å². The highest BCUT2D eigenvalue weighted by Gasteiger charge is 2.13. The minimum Gasteiger partial charge on any atom is -0.487 e. The fourth-order valence-corrected chi connectivity index (χ4v) is 3.77. The van der Waals surface area contributed by atoms with E-state index in [0.29, 0.717) is 50.1 Å². The molecule has 0 bridgehead atoms. The molecule has 7 nitrogen and oxygen atoms in total. The van der Waals surface area contributed by atoms with Crippen LogP contribution in [0.5, 0.6) is 5.75 Å². The SMILES string of the molecule is O=C(O)c1ccc(-c2ccc3ncnc(Nc4ccc(OCc5cccc(F)c5)c(Cl)c4)c3c2)o1. The zero-order valence-electron chi connectivity index (χ0n) is 18.0. The first kappa shape index (κ1) is 22.4. The van der Waals surface area contributed by atoms with Crippen molar-refractivity contribution >= 4 is 40.0 Å². The molecule has 0 aliphatic heterocycles. The van der Waals surface area contributed by atoms with Gasteiger partial charge in [-0.15, -0.1) is 0 Å². The summed E-state index contributed by atoms with van der Waals surface area (Å²) >= 11 is 6.41. The quantitative estimate of drug-likeness (QED) is 0.262. The molecule has 5 aromatic rings. The second-order valence-electron chi connectivity index (χ2n) is 7.61. The molecule has 2 N–H and O–H groups in total. The lowest BCUT2D eigenvalue weighted by molar-refractivity contribution is 0.0663. The predicted molar refractivity (Wildman–Crippen MR) is 130 cm³/mol. The van der Waals surface area contributed by atoms with Crippen LogP contribution in [0.1, 0.15) is 16.1 Å². The van der Waals surface area contributed by atoms with Crippen molar-refractivity contribution in [3.05, 3.63) is 101 Å². The van der Waals surface area contributed by atoms with Gasteiger partial charge in [0, 0.05) is 16.6 Å². The number of benzene rings is 3. The number of aromatic carboxylic acids is 1. The Hall–Kier alpha value is -4.43. The molecule has 0 aliphatic carbocycles. The summed E-state index contributed by atoms with van der Waals surface area (Å²) in [6.07, 6.45) is 1.44. The van der Waals surface area contributed by atoms with Crippen LogP contribution in [0.4, 0.5) is 15.9 Å². The number of aromatic nitrogens is 2. The Morgan fingerprint density at radius 2 is 1.94 bits per heavy atom. The standard InChI is InChI=1S/C26H17ClFN3O4/c27-20-12-18(5-7-23(20)34-13-15-2-1-3-17(28)10-15)31-25-19-11-16(4-6-21(19)29-14-30-25)22-8-9-24(35-22)26(32)33/h1-12,14H,13H2,(H,32,33)(H,29,30,31). The third kappa shape index (κ3) is 4.92. The number of carboxylic acids is 1. The summed E-state index contributed by atoms with van der Waals surface area (Å²) in [4.78, 5) is 19.8. The summed E-state index contributed by atoms with van der Waals surface area (Å²) < 4.78 is 24.5. The first-order valence-electron chi connectivity index (χ1n) is 10.5. The van der Waals surface area contributed by atoms with Crippen molar-refractivity contribution in [2.24, 2.45) is 0 Å². The maximum absolute atomic E-state index is 13.4. The average Bonchev–Trinajstić information content (AvgIpc) is 3.35. The van der Waals surface area contributed by atoms with E-state index >= 15 is 0 Å². The number of furan rings is 1. The first-order valence-corrected chi connectivity index (χ1v) is 10.9. The van der Waals surface area contributed by atoms with E-state index in [1.54, 1.807) is 48.5 Å². The third-order valence-corrected chi connectivity index (χ3v) is 5.51. The lowest BCUT2D eigenvalue weighted by Gasteiger charge is -2.12. The van der Waals surface area contributed by atoms with Gasteiger partial charge in [-0.1, -0.05) is 23.7 Å². The minimum atomic E-state index is -1.14. The number of anilines is 2. The number of rotatable bonds is 7. The summed E-state index contributed by atoms with van der Waals surface area (Å²) in [5.74, 6) is -0.192. The molecule has 35 heavy (non-hydrogen) atoms. The Morgan fingerprint density at radius 3 is 2.71 bits per heavy atom. The molecule has 174 valence electrons. The van der Waals surface area contributed by atoms with Gasteiger partial charge in [-0.25, -0.2) is 19.2 Å². The van der Waals surface area contributed by atoms with E-state index in [2.05, 4.69) is 15.3 Å². The van der Waals surface area contributed by atoms with Gasteiger partial charge in [0.05, 0.1) is 10.5 Å². The normalized spacial score (nSPS) is 10.9. The second kappa shape index (κ2) is 9.44. The molecule has 0 atom stereocenters. The number of fused-ring (bicyclic) bond motifs is 1. The zero-order valence-corrected chi connectivity index (χ0v) is 18.8. The fourth-order valence-electron chi connectivity index (χ4n) is 3.54. The Bertz CT molecular complexity index is 1550. The fraction of sp³-hybridized carbons (Fsp3) is 0.0385. The third-order valence-electron chi connectivity index (χ3n) is 5.21. The highest BCUT2D eigenvalue weighted by Crippen LogP contribution is 2.32. The highest BCUT2D eigenvalue weighted by molar-refractivity contribution is 6.32. The van der Waals surface area contributed by atoms with Crippen LogP contribution in [-0.2, 0) is 6.61 Å². The van der Waals surface area contributed by atoms with Gasteiger partial charge in [0.25, 0.3) is 0 Å². The number of halogens is 2. The highest BCUT2D eigenvalue weighted by atomic mass is 35.5. The number of carbonyl (C=O) groups is 1. The molecule has 0 saturated carbocycles. The Labute approximate surface area is 203 Å². The number of hydrogen-bond donors (Lipinski definition) is 2. The predicted octanol–water partition coefficient (Wildman–Crippen LogP) is 6.70. The van der Waals surface area contributed by atoms with Crippen LogP contribution in [0.25, 0.3) is 22.2 Å². The minimum absolute atomic E-state index is 0.142. The molecule has 5 rings (SSSR count). The van der Waals surface area contributed by atoms with E-state index in [1.165, 1.54) is 24.5 Å². The van der Waals surface area contributed by atoms with E-state index in [9.17, 15) is 9.18 Å². The Morgan fingerprint density at radius 1 is 1.06 bits per heavy atom. The Balaban J connectivity index is 1.38. The van der Waals surface area contributed by atoms with E-state index < -0.39 is 5.97 Å². The van der Waals surface area contributed by atoms with Crippen molar-refractivity contribution in [3.63, 3.8) is 0 Å². The van der Waals surface area contributed by atoms with Gasteiger partial charge in [0.1, 0.15) is 36.1 Å². The molecule has 0 unspecified atom stereocenters. The summed E-state index contributed by atoms with van der Waals surface area (Å²) in [6.45, 7) is 0.181. The van der Waals surface area contributed by atoms with Gasteiger partial charge in [0.2, 0.25) is 5.76 Å². The van der Waals surface area contributed by atoms with Crippen molar-refractivity contribution in [2.45, 2.75) is 6.61 Å². The zero-order chi connectivity index (χ0) is 24.4. The molecule has 0 amide bonds. The van der Waals surface area contributed by atoms with Crippen LogP contribution in [-0.4, -0.2) is 21.0 Å². The van der Waals surface area contributed by atoms with E-state index in [1.807, 2.05) is 6.07 Å². The molecule has 0 aliphatic rings. The number of hydrogen-bond acceptors (Lipinski definition) is 6. The van der Waals surface area contributed by atoms with Crippen molar-refractivity contribution in [3.8, 4) is 17.1 Å². The topological polar surface area (TPSA) is 97.5 Å². The summed E-state index contributed by atoms with van der Waals surface area (Å²) in [5.41, 5.74) is 2.74. The number of nitrogens with zero attached hydrogens (tertiary/aromatic N) is 2. The average molecular weight is 490 g/mol. The maximum Gasteiger partial charge on any atom is 0.371 e. The molecule has 0 spiro atoms. The van der Waals surface area contributed by atoms with E-state index in [0.717, 1.165) is 0 Å². The molecule has 0 saturated heterocycles. The number of carboxylic acid groups (broad SMARTS) is 1. The lowest BCUT2D eigenvalue weighted by atomic mass is 10.1. The van der Waals surface area contributed by atoms with Crippen molar-refractivity contribution < 1.29 is 23.4 Å². The summed E-state index contributed by atoms with van der Waals surface area (Å²) in [5, 5.41) is 13.4. The monoisotopic (exact) mass is 489 g/mol. The second-order valence-corrected chi connectivity index (χ2v) is 8.02. The molecule has 0 radical (unpaired) electrons. The molecule has 2 heterocycles. The molecular formula is C26H17ClFN3O4. The molecule has 2 aromatic heterocycles. The van der Waals surface area contributed by atoms with Gasteiger partial charge in [-0.05, 0) is 66.2 Å². The van der Waals surface area contributed by atoms with Crippen LogP contribution in [0.15, 0.2) is 83.5 Å². The lowest BCUT2D eigenvalue weighted by Crippen LogP contribution is -1.99.